The molecule has 4 rings (SSSR count). The summed E-state index contributed by atoms with van der Waals surface area (Å²) >= 11 is 0. The van der Waals surface area contributed by atoms with Crippen LogP contribution in [0.1, 0.15) is 67.1 Å². The zero-order valence-electron chi connectivity index (χ0n) is 16.9. The predicted octanol–water partition coefficient (Wildman–Crippen LogP) is 4.46. The van der Waals surface area contributed by atoms with Crippen LogP contribution in [-0.4, -0.2) is 21.7 Å². The van der Waals surface area contributed by atoms with Crippen LogP contribution in [0.25, 0.3) is 0 Å². The molecule has 0 unspecified atom stereocenters. The molecule has 27 heavy (non-hydrogen) atoms. The van der Waals surface area contributed by atoms with Gasteiger partial charge in [-0.2, -0.15) is 5.10 Å². The van der Waals surface area contributed by atoms with Crippen LogP contribution in [0.15, 0.2) is 30.3 Å². The molecule has 4 nitrogen and oxygen atoms in total. The van der Waals surface area contributed by atoms with Gasteiger partial charge in [-0.15, -0.1) is 0 Å². The van der Waals surface area contributed by atoms with Gasteiger partial charge in [0.25, 0.3) is 0 Å². The molecule has 0 aliphatic heterocycles. The fraction of sp³-hybridized carbons (Fsp3) is 0.565. The third kappa shape index (κ3) is 3.19. The minimum Gasteiger partial charge on any atom is -0.352 e. The maximum Gasteiger partial charge on any atom is 0.222 e. The largest absolute Gasteiger partial charge is 0.352 e. The highest BCUT2D eigenvalue weighted by atomic mass is 16.1. The van der Waals surface area contributed by atoms with Crippen molar-refractivity contribution in [2.75, 3.05) is 0 Å². The van der Waals surface area contributed by atoms with Crippen molar-refractivity contribution in [3.05, 3.63) is 52.8 Å². The van der Waals surface area contributed by atoms with Gasteiger partial charge in [-0.05, 0) is 63.5 Å². The SMILES string of the molecule is Cc1nn([C@H](C)CC(=O)N[C@@H]2[C@@H]3CCC[C@@H]3[C@H]2c2ccccc2)c(C)c1C. The van der Waals surface area contributed by atoms with E-state index in [0.717, 1.165) is 17.3 Å². The first-order chi connectivity index (χ1) is 13.0. The number of fused-ring (bicyclic) bond motifs is 1. The van der Waals surface area contributed by atoms with E-state index in [1.807, 2.05) is 11.6 Å². The number of aryl methyl sites for hydroxylation is 1. The number of amides is 1. The molecular formula is C23H31N3O. The van der Waals surface area contributed by atoms with Gasteiger partial charge in [0.15, 0.2) is 0 Å². The third-order valence-corrected chi connectivity index (χ3v) is 7.03. The topological polar surface area (TPSA) is 46.9 Å². The smallest absolute Gasteiger partial charge is 0.222 e. The molecule has 4 heteroatoms. The lowest BCUT2D eigenvalue weighted by molar-refractivity contribution is -0.124. The quantitative estimate of drug-likeness (QED) is 0.850. The van der Waals surface area contributed by atoms with Crippen LogP contribution >= 0.6 is 0 Å². The molecule has 0 saturated heterocycles. The molecule has 5 atom stereocenters. The highest BCUT2D eigenvalue weighted by molar-refractivity contribution is 5.77. The summed E-state index contributed by atoms with van der Waals surface area (Å²) in [5, 5.41) is 8.03. The lowest BCUT2D eigenvalue weighted by Crippen LogP contribution is -2.56. The van der Waals surface area contributed by atoms with E-state index < -0.39 is 0 Å². The first-order valence-corrected chi connectivity index (χ1v) is 10.3. The summed E-state index contributed by atoms with van der Waals surface area (Å²) in [5.41, 5.74) is 4.82. The normalized spacial score (nSPS) is 27.7. The van der Waals surface area contributed by atoms with Gasteiger partial charge in [0, 0.05) is 24.1 Å². The van der Waals surface area contributed by atoms with Crippen LogP contribution in [-0.2, 0) is 4.79 Å². The molecular weight excluding hydrogens is 334 g/mol. The van der Waals surface area contributed by atoms with E-state index in [1.165, 1.54) is 30.4 Å². The van der Waals surface area contributed by atoms with Crippen LogP contribution in [0.2, 0.25) is 0 Å². The highest BCUT2D eigenvalue weighted by Crippen LogP contribution is 2.55. The Morgan fingerprint density at radius 2 is 1.89 bits per heavy atom. The van der Waals surface area contributed by atoms with Crippen LogP contribution < -0.4 is 5.32 Å². The second-order valence-corrected chi connectivity index (χ2v) is 8.58. The predicted molar refractivity (Wildman–Crippen MR) is 108 cm³/mol. The van der Waals surface area contributed by atoms with E-state index in [4.69, 9.17) is 0 Å². The van der Waals surface area contributed by atoms with Crippen LogP contribution in [0.3, 0.4) is 0 Å². The second-order valence-electron chi connectivity index (χ2n) is 8.58. The Hall–Kier alpha value is -2.10. The van der Waals surface area contributed by atoms with Crippen LogP contribution in [0.5, 0.6) is 0 Å². The van der Waals surface area contributed by atoms with Crippen molar-refractivity contribution in [2.24, 2.45) is 11.8 Å². The molecule has 2 fully saturated rings. The average Bonchev–Trinajstić information content (AvgIpc) is 3.17. The summed E-state index contributed by atoms with van der Waals surface area (Å²) in [6.07, 6.45) is 4.34. The summed E-state index contributed by atoms with van der Waals surface area (Å²) in [6, 6.07) is 11.1. The molecule has 1 N–H and O–H groups in total. The zero-order chi connectivity index (χ0) is 19.1. The molecule has 2 aromatic rings. The van der Waals surface area contributed by atoms with E-state index in [-0.39, 0.29) is 11.9 Å². The number of aromatic nitrogens is 2. The van der Waals surface area contributed by atoms with Crippen molar-refractivity contribution in [3.63, 3.8) is 0 Å². The fourth-order valence-electron chi connectivity index (χ4n) is 5.40. The molecule has 2 saturated carbocycles. The molecule has 144 valence electrons. The van der Waals surface area contributed by atoms with Gasteiger partial charge in [0.05, 0.1) is 11.7 Å². The first-order valence-electron chi connectivity index (χ1n) is 10.3. The van der Waals surface area contributed by atoms with Crippen molar-refractivity contribution < 1.29 is 4.79 Å². The molecule has 1 aromatic heterocycles. The molecule has 1 heterocycles. The van der Waals surface area contributed by atoms with Crippen molar-refractivity contribution in [2.45, 2.75) is 71.4 Å². The summed E-state index contributed by atoms with van der Waals surface area (Å²) in [7, 11) is 0. The molecule has 1 aromatic carbocycles. The van der Waals surface area contributed by atoms with Gasteiger partial charge in [0.2, 0.25) is 5.91 Å². The summed E-state index contributed by atoms with van der Waals surface area (Å²) in [6.45, 7) is 8.31. The third-order valence-electron chi connectivity index (χ3n) is 7.03. The summed E-state index contributed by atoms with van der Waals surface area (Å²) in [5.74, 6) is 2.04. The summed E-state index contributed by atoms with van der Waals surface area (Å²) < 4.78 is 2.01. The van der Waals surface area contributed by atoms with Gasteiger partial charge in [-0.25, -0.2) is 0 Å². The molecule has 0 spiro atoms. The summed E-state index contributed by atoms with van der Waals surface area (Å²) in [4.78, 5) is 12.8. The van der Waals surface area contributed by atoms with Crippen molar-refractivity contribution >= 4 is 5.91 Å². The Balaban J connectivity index is 1.44. The maximum atomic E-state index is 12.8. The van der Waals surface area contributed by atoms with Gasteiger partial charge in [-0.1, -0.05) is 36.8 Å². The van der Waals surface area contributed by atoms with Gasteiger partial charge < -0.3 is 5.32 Å². The Morgan fingerprint density at radius 1 is 1.19 bits per heavy atom. The first kappa shape index (κ1) is 18.3. The van der Waals surface area contributed by atoms with Gasteiger partial charge >= 0.3 is 0 Å². The Bertz CT molecular complexity index is 826. The molecule has 2 aliphatic rings. The van der Waals surface area contributed by atoms with Gasteiger partial charge in [-0.3, -0.25) is 9.48 Å². The molecule has 0 bridgehead atoms. The van der Waals surface area contributed by atoms with Crippen molar-refractivity contribution in [1.29, 1.82) is 0 Å². The Morgan fingerprint density at radius 3 is 2.56 bits per heavy atom. The monoisotopic (exact) mass is 365 g/mol. The van der Waals surface area contributed by atoms with Gasteiger partial charge in [0.1, 0.15) is 0 Å². The van der Waals surface area contributed by atoms with E-state index in [1.54, 1.807) is 0 Å². The minimum absolute atomic E-state index is 0.0760. The molecule has 0 radical (unpaired) electrons. The number of hydrogen-bond donors (Lipinski definition) is 1. The van der Waals surface area contributed by atoms with E-state index >= 15 is 0 Å². The number of nitrogens with zero attached hydrogens (tertiary/aromatic N) is 2. The van der Waals surface area contributed by atoms with E-state index in [9.17, 15) is 4.79 Å². The number of carbonyl (C=O) groups excluding carboxylic acids is 1. The minimum atomic E-state index is 0.0760. The maximum absolute atomic E-state index is 12.8. The number of hydrogen-bond acceptors (Lipinski definition) is 2. The lowest BCUT2D eigenvalue weighted by atomic mass is 9.60. The number of nitrogens with one attached hydrogen (secondary N) is 1. The fourth-order valence-corrected chi connectivity index (χ4v) is 5.40. The standard InChI is InChI=1S/C23H31N3O/c1-14(26-17(4)15(2)16(3)25-26)13-21(27)24-23-20-12-8-11-19(20)22(23)18-9-6-5-7-10-18/h5-7,9-10,14,19-20,22-23H,8,11-13H2,1-4H3,(H,24,27)/t14-,19+,20-,22-,23-/m1/s1. The molecule has 1 amide bonds. The zero-order valence-corrected chi connectivity index (χ0v) is 16.9. The average molecular weight is 366 g/mol. The molecule has 2 aliphatic carbocycles. The lowest BCUT2D eigenvalue weighted by Gasteiger charge is -2.50. The van der Waals surface area contributed by atoms with Crippen molar-refractivity contribution in [3.8, 4) is 0 Å². The second kappa shape index (κ2) is 7.14. The number of rotatable bonds is 5. The van der Waals surface area contributed by atoms with Crippen LogP contribution in [0, 0.1) is 32.6 Å². The highest BCUT2D eigenvalue weighted by Gasteiger charge is 2.53. The van der Waals surface area contributed by atoms with E-state index in [2.05, 4.69) is 61.5 Å². The van der Waals surface area contributed by atoms with Crippen molar-refractivity contribution in [1.82, 2.24) is 15.1 Å². The van der Waals surface area contributed by atoms with E-state index in [0.29, 0.717) is 24.3 Å². The Labute approximate surface area is 162 Å². The Kier molecular flexibility index (Phi) is 4.83. The number of benzene rings is 1. The number of carbonyl (C=O) groups is 1. The van der Waals surface area contributed by atoms with Crippen LogP contribution in [0.4, 0.5) is 0 Å².